The number of anilines is 1. The van der Waals surface area contributed by atoms with Gasteiger partial charge in [-0.15, -0.1) is 5.10 Å². The molecule has 1 aromatic heterocycles. The van der Waals surface area contributed by atoms with Gasteiger partial charge in [-0.1, -0.05) is 18.9 Å². The lowest BCUT2D eigenvalue weighted by molar-refractivity contribution is -0.151. The molecule has 0 bridgehead atoms. The Hall–Kier alpha value is -3.76. The van der Waals surface area contributed by atoms with E-state index in [1.165, 1.54) is 26.2 Å². The molecule has 2 heterocycles. The molecule has 152 valence electrons. The van der Waals surface area contributed by atoms with Crippen molar-refractivity contribution in [2.75, 3.05) is 19.4 Å². The molecule has 1 aliphatic heterocycles. The zero-order chi connectivity index (χ0) is 21.3. The number of nitrogens with one attached hydrogen (secondary N) is 1. The van der Waals surface area contributed by atoms with Crippen molar-refractivity contribution in [3.05, 3.63) is 30.2 Å². The van der Waals surface area contributed by atoms with Gasteiger partial charge < -0.3 is 14.5 Å². The highest BCUT2D eigenvalue weighted by Gasteiger charge is 2.46. The maximum Gasteiger partial charge on any atom is 0.420 e. The molecule has 11 nitrogen and oxygen atoms in total. The van der Waals surface area contributed by atoms with E-state index >= 15 is 0 Å². The molecule has 1 saturated heterocycles. The van der Waals surface area contributed by atoms with Gasteiger partial charge in [-0.05, 0) is 24.3 Å². The van der Waals surface area contributed by atoms with Gasteiger partial charge in [0.15, 0.2) is 5.92 Å². The summed E-state index contributed by atoms with van der Waals surface area (Å²) in [6.45, 7) is 3.81. The molecule has 0 radical (unpaired) electrons. The van der Waals surface area contributed by atoms with Gasteiger partial charge >= 0.3 is 12.1 Å². The van der Waals surface area contributed by atoms with Crippen LogP contribution in [0.4, 0.5) is 10.5 Å². The Morgan fingerprint density at radius 2 is 1.66 bits per heavy atom. The average molecular weight is 401 g/mol. The average Bonchev–Trinajstić information content (AvgIpc) is 3.15. The Balaban J connectivity index is 1.67. The maximum absolute atomic E-state index is 12.4. The summed E-state index contributed by atoms with van der Waals surface area (Å²) in [5, 5.41) is 10.1. The SMILES string of the molecule is CC(C)c1nnc(Oc2ccc(NC(=O)C3C(=O)N(C)C(=O)N(C)C3=O)cc2)o1. The van der Waals surface area contributed by atoms with Gasteiger partial charge in [0.1, 0.15) is 5.75 Å². The van der Waals surface area contributed by atoms with Crippen molar-refractivity contribution in [3.63, 3.8) is 0 Å². The fourth-order valence-corrected chi connectivity index (χ4v) is 2.55. The molecule has 3 rings (SSSR count). The molecule has 11 heteroatoms. The molecule has 1 aliphatic rings. The molecule has 1 fully saturated rings. The van der Waals surface area contributed by atoms with Gasteiger partial charge in [-0.25, -0.2) is 4.79 Å². The number of urea groups is 1. The fourth-order valence-electron chi connectivity index (χ4n) is 2.55. The molecular formula is C18H19N5O6. The minimum Gasteiger partial charge on any atom is -0.410 e. The Morgan fingerprint density at radius 1 is 1.07 bits per heavy atom. The molecule has 5 amide bonds. The summed E-state index contributed by atoms with van der Waals surface area (Å²) in [5.74, 6) is -3.34. The number of hydrogen-bond acceptors (Lipinski definition) is 8. The fraction of sp³-hybridized carbons (Fsp3) is 0.333. The highest BCUT2D eigenvalue weighted by molar-refractivity contribution is 6.27. The zero-order valence-corrected chi connectivity index (χ0v) is 16.2. The van der Waals surface area contributed by atoms with Crippen molar-refractivity contribution in [2.24, 2.45) is 5.92 Å². The second-order valence-electron chi connectivity index (χ2n) is 6.69. The Labute approximate surface area is 165 Å². The van der Waals surface area contributed by atoms with Crippen LogP contribution in [-0.2, 0) is 14.4 Å². The first kappa shape index (κ1) is 20.0. The van der Waals surface area contributed by atoms with Crippen molar-refractivity contribution in [3.8, 4) is 11.8 Å². The molecular weight excluding hydrogens is 382 g/mol. The van der Waals surface area contributed by atoms with E-state index in [-0.39, 0.29) is 12.0 Å². The summed E-state index contributed by atoms with van der Waals surface area (Å²) in [6, 6.07) is 5.33. The molecule has 1 aromatic carbocycles. The summed E-state index contributed by atoms with van der Waals surface area (Å²) >= 11 is 0. The molecule has 0 spiro atoms. The highest BCUT2D eigenvalue weighted by atomic mass is 16.6. The Kier molecular flexibility index (Phi) is 5.31. The minimum atomic E-state index is -1.63. The van der Waals surface area contributed by atoms with Crippen molar-refractivity contribution in [1.29, 1.82) is 0 Å². The molecule has 1 N–H and O–H groups in total. The van der Waals surface area contributed by atoms with Crippen LogP contribution < -0.4 is 10.1 Å². The van der Waals surface area contributed by atoms with Crippen LogP contribution in [0.3, 0.4) is 0 Å². The summed E-state index contributed by atoms with van der Waals surface area (Å²) in [7, 11) is 2.42. The van der Waals surface area contributed by atoms with Crippen LogP contribution >= 0.6 is 0 Å². The normalized spacial score (nSPS) is 15.3. The van der Waals surface area contributed by atoms with E-state index in [2.05, 4.69) is 15.5 Å². The molecule has 29 heavy (non-hydrogen) atoms. The number of carbonyl (C=O) groups excluding carboxylic acids is 4. The molecule has 0 unspecified atom stereocenters. The first-order valence-electron chi connectivity index (χ1n) is 8.70. The van der Waals surface area contributed by atoms with E-state index in [4.69, 9.17) is 9.15 Å². The van der Waals surface area contributed by atoms with Gasteiger partial charge in [0.05, 0.1) is 0 Å². The third-order valence-electron chi connectivity index (χ3n) is 4.23. The molecule has 0 saturated carbocycles. The lowest BCUT2D eigenvalue weighted by atomic mass is 10.0. The topological polar surface area (TPSA) is 135 Å². The van der Waals surface area contributed by atoms with Gasteiger partial charge in [-0.3, -0.25) is 24.2 Å². The highest BCUT2D eigenvalue weighted by Crippen LogP contribution is 2.24. The number of hydrogen-bond donors (Lipinski definition) is 1. The Morgan fingerprint density at radius 3 is 2.17 bits per heavy atom. The number of benzene rings is 1. The predicted octanol–water partition coefficient (Wildman–Crippen LogP) is 1.59. The van der Waals surface area contributed by atoms with Crippen LogP contribution in [-0.4, -0.2) is 57.8 Å². The standard InChI is InChI=1S/C18H19N5O6/c1-9(2)14-20-21-17(29-14)28-11-7-5-10(6-8-11)19-13(24)12-15(25)22(3)18(27)23(4)16(12)26/h5-9,12H,1-4H3,(H,19,24). The van der Waals surface area contributed by atoms with Gasteiger partial charge in [0.25, 0.3) is 11.8 Å². The van der Waals surface area contributed by atoms with Crippen molar-refractivity contribution < 1.29 is 28.3 Å². The third kappa shape index (κ3) is 3.93. The predicted molar refractivity (Wildman–Crippen MR) is 98.0 cm³/mol. The number of imide groups is 2. The zero-order valence-electron chi connectivity index (χ0n) is 16.2. The van der Waals surface area contributed by atoms with Crippen LogP contribution in [0.2, 0.25) is 0 Å². The smallest absolute Gasteiger partial charge is 0.410 e. The number of nitrogens with zero attached hydrogens (tertiary/aromatic N) is 4. The van der Waals surface area contributed by atoms with E-state index in [1.807, 2.05) is 13.8 Å². The van der Waals surface area contributed by atoms with Crippen molar-refractivity contribution in [1.82, 2.24) is 20.0 Å². The minimum absolute atomic E-state index is 0.0142. The monoisotopic (exact) mass is 401 g/mol. The van der Waals surface area contributed by atoms with Crippen LogP contribution in [0.1, 0.15) is 25.7 Å². The second-order valence-corrected chi connectivity index (χ2v) is 6.69. The van der Waals surface area contributed by atoms with E-state index in [1.54, 1.807) is 12.1 Å². The van der Waals surface area contributed by atoms with Gasteiger partial charge in [0.2, 0.25) is 11.8 Å². The quantitative estimate of drug-likeness (QED) is 0.746. The molecule has 0 aliphatic carbocycles. The van der Waals surface area contributed by atoms with E-state index in [0.29, 0.717) is 17.3 Å². The van der Waals surface area contributed by atoms with E-state index in [0.717, 1.165) is 9.80 Å². The first-order chi connectivity index (χ1) is 13.7. The summed E-state index contributed by atoms with van der Waals surface area (Å²) in [5.41, 5.74) is 0.332. The van der Waals surface area contributed by atoms with Crippen LogP contribution in [0.5, 0.6) is 11.8 Å². The van der Waals surface area contributed by atoms with Crippen LogP contribution in [0.25, 0.3) is 0 Å². The first-order valence-corrected chi connectivity index (χ1v) is 8.70. The Bertz CT molecular complexity index is 943. The number of rotatable bonds is 5. The van der Waals surface area contributed by atoms with E-state index < -0.39 is 29.7 Å². The number of carbonyl (C=O) groups is 4. The summed E-state index contributed by atoms with van der Waals surface area (Å²) < 4.78 is 10.8. The lowest BCUT2D eigenvalue weighted by Gasteiger charge is -2.32. The maximum atomic E-state index is 12.4. The van der Waals surface area contributed by atoms with Crippen LogP contribution in [0.15, 0.2) is 28.7 Å². The van der Waals surface area contributed by atoms with Crippen molar-refractivity contribution in [2.45, 2.75) is 19.8 Å². The molecule has 2 aromatic rings. The van der Waals surface area contributed by atoms with Gasteiger partial charge in [-0.2, -0.15) is 0 Å². The lowest BCUT2D eigenvalue weighted by Crippen LogP contribution is -2.59. The van der Waals surface area contributed by atoms with Gasteiger partial charge in [0, 0.05) is 25.7 Å². The summed E-state index contributed by atoms with van der Waals surface area (Å²) in [6.07, 6.45) is -0.0142. The van der Waals surface area contributed by atoms with Crippen molar-refractivity contribution >= 4 is 29.4 Å². The number of aromatic nitrogens is 2. The third-order valence-corrected chi connectivity index (χ3v) is 4.23. The summed E-state index contributed by atoms with van der Waals surface area (Å²) in [4.78, 5) is 50.0. The number of barbiturate groups is 1. The number of amides is 5. The van der Waals surface area contributed by atoms with Crippen LogP contribution in [0, 0.1) is 5.92 Å². The largest absolute Gasteiger partial charge is 0.420 e. The number of ether oxygens (including phenoxy) is 1. The molecule has 0 atom stereocenters. The second kappa shape index (κ2) is 7.70. The van der Waals surface area contributed by atoms with E-state index in [9.17, 15) is 19.2 Å².